The molecular weight excluding hydrogens is 280 g/mol. The number of hydrogen-bond acceptors (Lipinski definition) is 4. The lowest BCUT2D eigenvalue weighted by Crippen LogP contribution is -2.18. The van der Waals surface area contributed by atoms with Crippen LogP contribution in [0.5, 0.6) is 5.75 Å². The van der Waals surface area contributed by atoms with Crippen LogP contribution in [0.15, 0.2) is 54.6 Å². The van der Waals surface area contributed by atoms with Crippen LogP contribution in [0.3, 0.4) is 0 Å². The Hall–Kier alpha value is -2.85. The lowest BCUT2D eigenvalue weighted by molar-refractivity contribution is -0.0685. The highest BCUT2D eigenvalue weighted by atomic mass is 16.6. The summed E-state index contributed by atoms with van der Waals surface area (Å²) < 4.78 is 5.06. The number of rotatable bonds is 1. The Labute approximate surface area is 126 Å². The predicted molar refractivity (Wildman–Crippen MR) is 81.4 cm³/mol. The van der Waals surface area contributed by atoms with Gasteiger partial charge < -0.3 is 14.9 Å². The number of benzene rings is 3. The highest BCUT2D eigenvalue weighted by molar-refractivity contribution is 6.12. The molecule has 1 heterocycles. The van der Waals surface area contributed by atoms with Gasteiger partial charge in [0.2, 0.25) is 6.29 Å². The molecule has 108 valence electrons. The number of phenols is 1. The summed E-state index contributed by atoms with van der Waals surface area (Å²) in [6, 6.07) is 15.9. The highest BCUT2D eigenvalue weighted by Crippen LogP contribution is 2.39. The minimum absolute atomic E-state index is 0.164. The van der Waals surface area contributed by atoms with Crippen LogP contribution in [0, 0.1) is 0 Å². The van der Waals surface area contributed by atoms with Gasteiger partial charge in [-0.3, -0.25) is 0 Å². The first kappa shape index (κ1) is 12.9. The SMILES string of the molecule is O=C1O[C@@H](O)c2cccc3ccc(-c4ccc(O)cc4)c1c23. The monoisotopic (exact) mass is 292 g/mol. The second kappa shape index (κ2) is 4.58. The van der Waals surface area contributed by atoms with E-state index in [4.69, 9.17) is 4.74 Å². The molecule has 4 heteroatoms. The molecule has 0 aromatic heterocycles. The molecule has 0 fully saturated rings. The van der Waals surface area contributed by atoms with Gasteiger partial charge in [0.25, 0.3) is 0 Å². The second-order valence-electron chi connectivity index (χ2n) is 5.24. The smallest absolute Gasteiger partial charge is 0.341 e. The molecule has 0 radical (unpaired) electrons. The number of carbonyl (C=O) groups is 1. The Morgan fingerprint density at radius 3 is 2.50 bits per heavy atom. The van der Waals surface area contributed by atoms with Gasteiger partial charge in [-0.15, -0.1) is 0 Å². The molecule has 4 nitrogen and oxygen atoms in total. The van der Waals surface area contributed by atoms with E-state index in [2.05, 4.69) is 0 Å². The Bertz CT molecular complexity index is 897. The number of aromatic hydroxyl groups is 1. The molecule has 0 saturated heterocycles. The summed E-state index contributed by atoms with van der Waals surface area (Å²) >= 11 is 0. The highest BCUT2D eigenvalue weighted by Gasteiger charge is 2.29. The maximum atomic E-state index is 12.3. The van der Waals surface area contributed by atoms with E-state index in [9.17, 15) is 15.0 Å². The van der Waals surface area contributed by atoms with Crippen molar-refractivity contribution < 1.29 is 19.7 Å². The molecule has 0 bridgehead atoms. The van der Waals surface area contributed by atoms with Gasteiger partial charge in [0, 0.05) is 10.9 Å². The molecule has 1 aliphatic rings. The van der Waals surface area contributed by atoms with E-state index in [0.29, 0.717) is 11.1 Å². The summed E-state index contributed by atoms with van der Waals surface area (Å²) in [7, 11) is 0. The molecule has 1 aliphatic heterocycles. The van der Waals surface area contributed by atoms with Gasteiger partial charge in [-0.1, -0.05) is 42.5 Å². The van der Waals surface area contributed by atoms with E-state index < -0.39 is 12.3 Å². The zero-order valence-corrected chi connectivity index (χ0v) is 11.5. The molecule has 22 heavy (non-hydrogen) atoms. The molecule has 0 unspecified atom stereocenters. The van der Waals surface area contributed by atoms with Crippen molar-refractivity contribution in [1.82, 2.24) is 0 Å². The van der Waals surface area contributed by atoms with E-state index in [1.807, 2.05) is 24.3 Å². The third-order valence-electron chi connectivity index (χ3n) is 3.94. The Morgan fingerprint density at radius 1 is 0.955 bits per heavy atom. The first-order chi connectivity index (χ1) is 10.6. The van der Waals surface area contributed by atoms with Crippen molar-refractivity contribution in [2.24, 2.45) is 0 Å². The first-order valence-corrected chi connectivity index (χ1v) is 6.89. The van der Waals surface area contributed by atoms with E-state index in [0.717, 1.165) is 21.9 Å². The number of carbonyl (C=O) groups excluding carboxylic acids is 1. The van der Waals surface area contributed by atoms with Crippen molar-refractivity contribution in [2.75, 3.05) is 0 Å². The van der Waals surface area contributed by atoms with Gasteiger partial charge in [-0.2, -0.15) is 0 Å². The van der Waals surface area contributed by atoms with E-state index in [-0.39, 0.29) is 5.75 Å². The fourth-order valence-corrected chi connectivity index (χ4v) is 2.93. The van der Waals surface area contributed by atoms with Crippen molar-refractivity contribution in [3.05, 3.63) is 65.7 Å². The summed E-state index contributed by atoms with van der Waals surface area (Å²) in [6.07, 6.45) is -1.24. The largest absolute Gasteiger partial charge is 0.508 e. The second-order valence-corrected chi connectivity index (χ2v) is 5.24. The number of hydrogen-bond donors (Lipinski definition) is 2. The maximum absolute atomic E-state index is 12.3. The van der Waals surface area contributed by atoms with Crippen LogP contribution in [-0.4, -0.2) is 16.2 Å². The number of aliphatic hydroxyl groups is 1. The third kappa shape index (κ3) is 1.78. The number of phenolic OH excluding ortho intramolecular Hbond substituents is 1. The third-order valence-corrected chi connectivity index (χ3v) is 3.94. The fraction of sp³-hybridized carbons (Fsp3) is 0.0556. The molecule has 0 spiro atoms. The van der Waals surface area contributed by atoms with Gasteiger partial charge in [0.05, 0.1) is 5.56 Å². The summed E-state index contributed by atoms with van der Waals surface area (Å²) in [6.45, 7) is 0. The first-order valence-electron chi connectivity index (χ1n) is 6.89. The summed E-state index contributed by atoms with van der Waals surface area (Å²) in [5.74, 6) is -0.378. The molecule has 3 aromatic rings. The zero-order chi connectivity index (χ0) is 15.3. The van der Waals surface area contributed by atoms with Crippen LogP contribution in [0.4, 0.5) is 0 Å². The standard InChI is InChI=1S/C18H12O4/c19-12-7-4-10(5-8-12)13-9-6-11-2-1-3-14-15(11)16(13)18(21)22-17(14)20/h1-9,17,19-20H/t17-/m1/s1. The fourth-order valence-electron chi connectivity index (χ4n) is 2.93. The summed E-state index contributed by atoms with van der Waals surface area (Å²) in [5, 5.41) is 21.0. The average Bonchev–Trinajstić information content (AvgIpc) is 2.53. The van der Waals surface area contributed by atoms with Crippen molar-refractivity contribution in [1.29, 1.82) is 0 Å². The lowest BCUT2D eigenvalue weighted by atomic mass is 9.90. The van der Waals surface area contributed by atoms with Crippen LogP contribution < -0.4 is 0 Å². The number of cyclic esters (lactones) is 1. The molecule has 1 atom stereocenters. The number of esters is 1. The molecular formula is C18H12O4. The van der Waals surface area contributed by atoms with Gasteiger partial charge >= 0.3 is 5.97 Å². The molecule has 0 saturated carbocycles. The Morgan fingerprint density at radius 2 is 1.73 bits per heavy atom. The normalized spacial score (nSPS) is 16.6. The topological polar surface area (TPSA) is 66.8 Å². The van der Waals surface area contributed by atoms with E-state index in [1.165, 1.54) is 0 Å². The van der Waals surface area contributed by atoms with Crippen LogP contribution in [-0.2, 0) is 4.74 Å². The quantitative estimate of drug-likeness (QED) is 0.675. The molecule has 4 rings (SSSR count). The maximum Gasteiger partial charge on any atom is 0.341 e. The summed E-state index contributed by atoms with van der Waals surface area (Å²) in [4.78, 5) is 12.3. The Balaban J connectivity index is 2.08. The van der Waals surface area contributed by atoms with Gasteiger partial charge in [-0.25, -0.2) is 4.79 Å². The predicted octanol–water partition coefficient (Wildman–Crippen LogP) is 3.37. The number of aliphatic hydroxyl groups excluding tert-OH is 1. The minimum atomic E-state index is -1.24. The molecule has 2 N–H and O–H groups in total. The van der Waals surface area contributed by atoms with Gasteiger partial charge in [-0.05, 0) is 28.6 Å². The molecule has 3 aromatic carbocycles. The van der Waals surface area contributed by atoms with Crippen molar-refractivity contribution >= 4 is 16.7 Å². The van der Waals surface area contributed by atoms with Crippen molar-refractivity contribution in [2.45, 2.75) is 6.29 Å². The average molecular weight is 292 g/mol. The van der Waals surface area contributed by atoms with Crippen molar-refractivity contribution in [3.63, 3.8) is 0 Å². The van der Waals surface area contributed by atoms with Gasteiger partial charge in [0.1, 0.15) is 5.75 Å². The van der Waals surface area contributed by atoms with Crippen LogP contribution in [0.25, 0.3) is 21.9 Å². The van der Waals surface area contributed by atoms with Crippen LogP contribution in [0.1, 0.15) is 22.2 Å². The van der Waals surface area contributed by atoms with Crippen molar-refractivity contribution in [3.8, 4) is 16.9 Å². The summed E-state index contributed by atoms with van der Waals surface area (Å²) in [5.41, 5.74) is 2.56. The Kier molecular flexibility index (Phi) is 2.68. The molecule has 0 amide bonds. The van der Waals surface area contributed by atoms with E-state index in [1.54, 1.807) is 30.3 Å². The van der Waals surface area contributed by atoms with E-state index >= 15 is 0 Å². The van der Waals surface area contributed by atoms with Crippen LogP contribution >= 0.6 is 0 Å². The lowest BCUT2D eigenvalue weighted by Gasteiger charge is -2.23. The van der Waals surface area contributed by atoms with Gasteiger partial charge in [0.15, 0.2) is 0 Å². The zero-order valence-electron chi connectivity index (χ0n) is 11.5. The molecule has 0 aliphatic carbocycles. The number of ether oxygens (including phenoxy) is 1. The van der Waals surface area contributed by atoms with Crippen LogP contribution in [0.2, 0.25) is 0 Å². The minimum Gasteiger partial charge on any atom is -0.508 e.